The Kier molecular flexibility index (Phi) is 4.85. The number of carbonyl (C=O) groups is 1. The first kappa shape index (κ1) is 14.1. The van der Waals surface area contributed by atoms with E-state index in [9.17, 15) is 4.79 Å². The lowest BCUT2D eigenvalue weighted by molar-refractivity contribution is -0.123. The van der Waals surface area contributed by atoms with Gasteiger partial charge in [0.25, 0.3) is 0 Å². The summed E-state index contributed by atoms with van der Waals surface area (Å²) in [6.45, 7) is 3.43. The Labute approximate surface area is 116 Å². The number of hydrogen-bond donors (Lipinski definition) is 0. The van der Waals surface area contributed by atoms with E-state index >= 15 is 0 Å². The summed E-state index contributed by atoms with van der Waals surface area (Å²) in [4.78, 5) is 14.7. The van der Waals surface area contributed by atoms with Gasteiger partial charge in [-0.15, -0.1) is 12.4 Å². The Morgan fingerprint density at radius 1 is 1.11 bits per heavy atom. The number of ketones is 1. The summed E-state index contributed by atoms with van der Waals surface area (Å²) < 4.78 is 0. The van der Waals surface area contributed by atoms with Crippen molar-refractivity contribution in [3.63, 3.8) is 0 Å². The van der Waals surface area contributed by atoms with Crippen LogP contribution in [0.1, 0.15) is 38.5 Å². The van der Waals surface area contributed by atoms with Gasteiger partial charge in [-0.1, -0.05) is 18.6 Å². The summed E-state index contributed by atoms with van der Waals surface area (Å²) in [5.41, 5.74) is 0. The molecule has 0 spiro atoms. The van der Waals surface area contributed by atoms with E-state index in [1.165, 1.54) is 38.8 Å². The molecule has 102 valence electrons. The average molecular weight is 270 g/mol. The summed E-state index contributed by atoms with van der Waals surface area (Å²) in [5.74, 6) is 2.22. The molecule has 1 saturated carbocycles. The van der Waals surface area contributed by atoms with Crippen LogP contribution in [0.4, 0.5) is 0 Å². The predicted molar refractivity (Wildman–Crippen MR) is 76.0 cm³/mol. The van der Waals surface area contributed by atoms with Crippen molar-refractivity contribution in [1.29, 1.82) is 0 Å². The van der Waals surface area contributed by atoms with Crippen molar-refractivity contribution >= 4 is 18.2 Å². The zero-order valence-electron chi connectivity index (χ0n) is 11.0. The summed E-state index contributed by atoms with van der Waals surface area (Å²) in [5, 5.41) is 0. The smallest absolute Gasteiger partial charge is 0.137 e. The average Bonchev–Trinajstić information content (AvgIpc) is 2.99. The fourth-order valence-corrected chi connectivity index (χ4v) is 3.79. The van der Waals surface area contributed by atoms with Crippen LogP contribution in [0.25, 0.3) is 0 Å². The molecule has 3 heteroatoms. The molecule has 3 atom stereocenters. The molecule has 2 nitrogen and oxygen atoms in total. The molecule has 18 heavy (non-hydrogen) atoms. The molecular formula is C15H24ClNO. The van der Waals surface area contributed by atoms with Gasteiger partial charge in [0.1, 0.15) is 5.78 Å². The number of piperidine rings is 1. The van der Waals surface area contributed by atoms with Crippen LogP contribution in [0.3, 0.4) is 0 Å². The maximum atomic E-state index is 12.2. The lowest BCUT2D eigenvalue weighted by atomic mass is 9.88. The van der Waals surface area contributed by atoms with Gasteiger partial charge in [-0.25, -0.2) is 0 Å². The minimum absolute atomic E-state index is 0. The highest BCUT2D eigenvalue weighted by atomic mass is 35.5. The highest BCUT2D eigenvalue weighted by molar-refractivity contribution is 5.85. The van der Waals surface area contributed by atoms with E-state index in [1.54, 1.807) is 0 Å². The number of Topliss-reactive ketones (excluding diaryl/α,β-unsaturated/α-hetero) is 1. The molecule has 3 rings (SSSR count). The Morgan fingerprint density at radius 3 is 2.50 bits per heavy atom. The number of rotatable bonds is 4. The first-order valence-corrected chi connectivity index (χ1v) is 7.26. The van der Waals surface area contributed by atoms with Crippen LogP contribution in [-0.2, 0) is 4.79 Å². The lowest BCUT2D eigenvalue weighted by Gasteiger charge is -2.27. The van der Waals surface area contributed by atoms with Crippen LogP contribution in [0.5, 0.6) is 0 Å². The van der Waals surface area contributed by atoms with E-state index in [0.717, 1.165) is 25.3 Å². The van der Waals surface area contributed by atoms with E-state index < -0.39 is 0 Å². The maximum absolute atomic E-state index is 12.2. The van der Waals surface area contributed by atoms with Gasteiger partial charge in [0.15, 0.2) is 0 Å². The van der Waals surface area contributed by atoms with Gasteiger partial charge < -0.3 is 4.90 Å². The Morgan fingerprint density at radius 2 is 1.89 bits per heavy atom. The standard InChI is InChI=1S/C15H23NO.ClH/c17-15(6-9-16-7-2-1-3-8-16)14-11-12-4-5-13(14)10-12;/h4-5,12-14H,1-3,6-11H2;1H/t12-,13+,14-;/m1./s1. The van der Waals surface area contributed by atoms with Crippen LogP contribution in [0, 0.1) is 17.8 Å². The van der Waals surface area contributed by atoms with Gasteiger partial charge >= 0.3 is 0 Å². The van der Waals surface area contributed by atoms with Gasteiger partial charge in [-0.2, -0.15) is 0 Å². The van der Waals surface area contributed by atoms with Gasteiger partial charge in [-0.3, -0.25) is 4.79 Å². The summed E-state index contributed by atoms with van der Waals surface area (Å²) in [6, 6.07) is 0. The first-order chi connectivity index (χ1) is 8.33. The van der Waals surface area contributed by atoms with E-state index in [-0.39, 0.29) is 12.4 Å². The zero-order valence-corrected chi connectivity index (χ0v) is 11.8. The topological polar surface area (TPSA) is 20.3 Å². The van der Waals surface area contributed by atoms with Crippen LogP contribution in [-0.4, -0.2) is 30.3 Å². The number of carbonyl (C=O) groups excluding carboxylic acids is 1. The van der Waals surface area contributed by atoms with Crippen LogP contribution >= 0.6 is 12.4 Å². The van der Waals surface area contributed by atoms with E-state index in [0.29, 0.717) is 17.6 Å². The molecule has 0 aromatic heterocycles. The number of allylic oxidation sites excluding steroid dienone is 2. The minimum Gasteiger partial charge on any atom is -0.303 e. The highest BCUT2D eigenvalue weighted by Gasteiger charge is 2.39. The molecule has 1 aliphatic heterocycles. The Bertz CT molecular complexity index is 322. The van der Waals surface area contributed by atoms with Gasteiger partial charge in [0, 0.05) is 18.9 Å². The largest absolute Gasteiger partial charge is 0.303 e. The molecule has 0 N–H and O–H groups in total. The summed E-state index contributed by atoms with van der Waals surface area (Å²) >= 11 is 0. The molecule has 2 fully saturated rings. The second-order valence-electron chi connectivity index (χ2n) is 6.01. The van der Waals surface area contributed by atoms with Crippen LogP contribution < -0.4 is 0 Å². The van der Waals surface area contributed by atoms with E-state index in [1.807, 2.05) is 0 Å². The second kappa shape index (κ2) is 6.21. The molecule has 3 aliphatic rings. The molecule has 0 aromatic carbocycles. The molecule has 1 saturated heterocycles. The quantitative estimate of drug-likeness (QED) is 0.731. The third kappa shape index (κ3) is 2.97. The third-order valence-electron chi connectivity index (χ3n) is 4.82. The molecule has 2 aliphatic carbocycles. The maximum Gasteiger partial charge on any atom is 0.137 e. The van der Waals surface area contributed by atoms with Crippen molar-refractivity contribution in [3.8, 4) is 0 Å². The Balaban J connectivity index is 0.00000120. The number of nitrogens with zero attached hydrogens (tertiary/aromatic N) is 1. The zero-order chi connectivity index (χ0) is 11.7. The highest BCUT2D eigenvalue weighted by Crippen LogP contribution is 2.44. The molecule has 0 amide bonds. The van der Waals surface area contributed by atoms with E-state index in [2.05, 4.69) is 17.1 Å². The number of likely N-dealkylation sites (tertiary alicyclic amines) is 1. The Hall–Kier alpha value is -0.340. The number of hydrogen-bond acceptors (Lipinski definition) is 2. The molecule has 0 unspecified atom stereocenters. The SMILES string of the molecule is Cl.O=C(CCN1CCCCC1)[C@@H]1C[C@@H]2C=C[C@H]1C2. The number of halogens is 1. The van der Waals surface area contributed by atoms with Crippen LogP contribution in [0.2, 0.25) is 0 Å². The van der Waals surface area contributed by atoms with E-state index in [4.69, 9.17) is 0 Å². The van der Waals surface area contributed by atoms with Gasteiger partial charge in [0.2, 0.25) is 0 Å². The fourth-order valence-electron chi connectivity index (χ4n) is 3.79. The normalized spacial score (nSPS) is 34.6. The summed E-state index contributed by atoms with van der Waals surface area (Å²) in [7, 11) is 0. The third-order valence-corrected chi connectivity index (χ3v) is 4.82. The molecular weight excluding hydrogens is 246 g/mol. The van der Waals surface area contributed by atoms with Crippen molar-refractivity contribution in [2.75, 3.05) is 19.6 Å². The van der Waals surface area contributed by atoms with Gasteiger partial charge in [0.05, 0.1) is 0 Å². The lowest BCUT2D eigenvalue weighted by Crippen LogP contribution is -2.33. The molecule has 2 bridgehead atoms. The fraction of sp³-hybridized carbons (Fsp3) is 0.800. The summed E-state index contributed by atoms with van der Waals surface area (Å²) in [6.07, 6.45) is 11.8. The monoisotopic (exact) mass is 269 g/mol. The van der Waals surface area contributed by atoms with Crippen molar-refractivity contribution in [2.45, 2.75) is 38.5 Å². The van der Waals surface area contributed by atoms with Crippen LogP contribution in [0.15, 0.2) is 12.2 Å². The van der Waals surface area contributed by atoms with Crippen molar-refractivity contribution in [1.82, 2.24) is 4.90 Å². The van der Waals surface area contributed by atoms with Crippen molar-refractivity contribution in [2.24, 2.45) is 17.8 Å². The predicted octanol–water partition coefficient (Wildman–Crippen LogP) is 3.07. The van der Waals surface area contributed by atoms with Crippen molar-refractivity contribution in [3.05, 3.63) is 12.2 Å². The first-order valence-electron chi connectivity index (χ1n) is 7.26. The van der Waals surface area contributed by atoms with Crippen molar-refractivity contribution < 1.29 is 4.79 Å². The molecule has 0 aromatic rings. The number of fused-ring (bicyclic) bond motifs is 2. The molecule has 1 heterocycles. The van der Waals surface area contributed by atoms with Gasteiger partial charge in [-0.05, 0) is 50.6 Å². The molecule has 0 radical (unpaired) electrons. The minimum atomic E-state index is 0. The second-order valence-corrected chi connectivity index (χ2v) is 6.01.